The fraction of sp³-hybridized carbons (Fsp3) is 0.571. The van der Waals surface area contributed by atoms with Crippen LogP contribution >= 0.6 is 8.58 Å². The molecule has 2 aromatic rings. The molecule has 0 radical (unpaired) electrons. The first-order valence-electron chi connectivity index (χ1n) is 12.2. The summed E-state index contributed by atoms with van der Waals surface area (Å²) in [5, 5.41) is 2.93. The van der Waals surface area contributed by atoms with E-state index in [1.165, 1.54) is 34.6 Å². The van der Waals surface area contributed by atoms with Crippen molar-refractivity contribution in [3.05, 3.63) is 59.7 Å². The first kappa shape index (κ1) is 29.8. The quantitative estimate of drug-likeness (QED) is 0.227. The predicted molar refractivity (Wildman–Crippen MR) is 147 cm³/mol. The van der Waals surface area contributed by atoms with Crippen molar-refractivity contribution in [2.75, 3.05) is 5.75 Å². The Labute approximate surface area is 205 Å². The Morgan fingerprint density at radius 2 is 1.03 bits per heavy atom. The van der Waals surface area contributed by atoms with Gasteiger partial charge < -0.3 is 4.55 Å². The molecule has 0 unspecified atom stereocenters. The highest BCUT2D eigenvalue weighted by Crippen LogP contribution is 2.24. The van der Waals surface area contributed by atoms with Gasteiger partial charge >= 0.3 is 0 Å². The highest BCUT2D eigenvalue weighted by atomic mass is 32.2. The molecule has 0 aromatic heterocycles. The van der Waals surface area contributed by atoms with E-state index in [2.05, 4.69) is 97.0 Å². The van der Waals surface area contributed by atoms with Gasteiger partial charge in [-0.3, -0.25) is 0 Å². The van der Waals surface area contributed by atoms with Crippen LogP contribution in [0.4, 0.5) is 0 Å². The topological polar surface area (TPSA) is 57.2 Å². The smallest absolute Gasteiger partial charge is 0.0945 e. The van der Waals surface area contributed by atoms with Gasteiger partial charge in [0.1, 0.15) is 0 Å². The van der Waals surface area contributed by atoms with Crippen LogP contribution in [-0.2, 0) is 20.9 Å². The van der Waals surface area contributed by atoms with E-state index in [1.54, 1.807) is 0 Å². The van der Waals surface area contributed by atoms with Crippen molar-refractivity contribution in [3.63, 3.8) is 0 Å². The summed E-state index contributed by atoms with van der Waals surface area (Å²) < 4.78 is 30.5. The Morgan fingerprint density at radius 1 is 0.667 bits per heavy atom. The van der Waals surface area contributed by atoms with Gasteiger partial charge in [-0.2, -0.15) is 0 Å². The molecule has 0 N–H and O–H groups in total. The third kappa shape index (κ3) is 13.3. The zero-order valence-corrected chi connectivity index (χ0v) is 23.8. The summed E-state index contributed by atoms with van der Waals surface area (Å²) in [6, 6.07) is 18.3. The molecule has 0 spiro atoms. The molecule has 0 amide bonds. The summed E-state index contributed by atoms with van der Waals surface area (Å²) in [5.41, 5.74) is 3.30. The van der Waals surface area contributed by atoms with Crippen LogP contribution in [0.1, 0.15) is 98.1 Å². The molecule has 5 heteroatoms. The zero-order valence-electron chi connectivity index (χ0n) is 21.8. The molecule has 186 valence electrons. The number of hydrogen-bond acceptors (Lipinski definition) is 3. The van der Waals surface area contributed by atoms with Crippen LogP contribution < -0.4 is 10.6 Å². The lowest BCUT2D eigenvalue weighted by Crippen LogP contribution is -2.13. The maximum atomic E-state index is 10.2. The van der Waals surface area contributed by atoms with E-state index in [9.17, 15) is 13.0 Å². The standard InChI is InChI=1S/C20H27P.C8H18O3S/c1-19(2,3)15-7-11-17(12-8-15)21-18-13-9-16(10-14-18)20(4,5)6;1-2-3-4-5-6-7-8-12(9,10)11/h7-14,21H,1-6H3;2-8H2,1H3,(H,9,10,11). The Bertz CT molecular complexity index is 848. The van der Waals surface area contributed by atoms with Crippen molar-refractivity contribution in [1.29, 1.82) is 0 Å². The second-order valence-electron chi connectivity index (χ2n) is 10.9. The average Bonchev–Trinajstić information content (AvgIpc) is 2.70. The molecule has 0 saturated heterocycles. The van der Waals surface area contributed by atoms with Gasteiger partial charge in [-0.05, 0) is 52.6 Å². The number of hydrogen-bond donors (Lipinski definition) is 0. The Balaban J connectivity index is 0.000000389. The largest absolute Gasteiger partial charge is 0.748 e. The molecular weight excluding hydrogens is 447 g/mol. The molecule has 0 aliphatic rings. The van der Waals surface area contributed by atoms with Gasteiger partial charge in [-0.1, -0.05) is 105 Å². The first-order chi connectivity index (χ1) is 15.2. The first-order valence-corrected chi connectivity index (χ1v) is 14.9. The van der Waals surface area contributed by atoms with Gasteiger partial charge in [0.15, 0.2) is 0 Å². The summed E-state index contributed by atoms with van der Waals surface area (Å²) in [5.74, 6) is -0.195. The molecule has 2 rings (SSSR count). The van der Waals surface area contributed by atoms with Crippen molar-refractivity contribution in [1.82, 2.24) is 0 Å². The molecule has 0 saturated carbocycles. The number of unbranched alkanes of at least 4 members (excludes halogenated alkanes) is 5. The van der Waals surface area contributed by atoms with Crippen molar-refractivity contribution < 1.29 is 13.0 Å². The fourth-order valence-electron chi connectivity index (χ4n) is 3.41. The van der Waals surface area contributed by atoms with Gasteiger partial charge in [0.05, 0.1) is 29.3 Å². The second-order valence-corrected chi connectivity index (χ2v) is 14.1. The Kier molecular flexibility index (Phi) is 12.3. The Hall–Kier alpha value is -1.22. The molecule has 33 heavy (non-hydrogen) atoms. The molecule has 0 fully saturated rings. The third-order valence-electron chi connectivity index (χ3n) is 5.63. The van der Waals surface area contributed by atoms with Crippen molar-refractivity contribution in [3.8, 4) is 0 Å². The van der Waals surface area contributed by atoms with Gasteiger partial charge in [0.2, 0.25) is 0 Å². The van der Waals surface area contributed by atoms with Crippen LogP contribution in [0.15, 0.2) is 48.5 Å². The zero-order chi connectivity index (χ0) is 25.1. The van der Waals surface area contributed by atoms with Gasteiger partial charge in [0.25, 0.3) is 0 Å². The maximum absolute atomic E-state index is 10.2. The summed E-state index contributed by atoms with van der Waals surface area (Å²) in [6.45, 7) is 15.7. The lowest BCUT2D eigenvalue weighted by Gasteiger charge is -2.19. The highest BCUT2D eigenvalue weighted by molar-refractivity contribution is 7.85. The van der Waals surface area contributed by atoms with Crippen molar-refractivity contribution in [2.24, 2.45) is 0 Å². The SMILES string of the molecule is CC(C)(C)c1ccc([PH2+]c2ccc(C(C)(C)C)cc2)cc1.CCCCCCCCS(=O)(=O)[O-]. The van der Waals surface area contributed by atoms with Crippen molar-refractivity contribution >= 4 is 29.3 Å². The minimum absolute atomic E-state index is 0.191. The van der Waals surface area contributed by atoms with E-state index in [-0.39, 0.29) is 25.2 Å². The monoisotopic (exact) mass is 492 g/mol. The average molecular weight is 493 g/mol. The minimum atomic E-state index is -3.97. The third-order valence-corrected chi connectivity index (χ3v) is 7.86. The summed E-state index contributed by atoms with van der Waals surface area (Å²) >= 11 is 0. The van der Waals surface area contributed by atoms with Gasteiger partial charge in [0, 0.05) is 5.75 Å². The summed E-state index contributed by atoms with van der Waals surface area (Å²) in [4.78, 5) is 0. The number of rotatable bonds is 9. The van der Waals surface area contributed by atoms with Crippen molar-refractivity contribution in [2.45, 2.75) is 97.8 Å². The van der Waals surface area contributed by atoms with E-state index in [4.69, 9.17) is 0 Å². The van der Waals surface area contributed by atoms with Crippen LogP contribution in [0.25, 0.3) is 0 Å². The predicted octanol–water partition coefficient (Wildman–Crippen LogP) is 6.54. The molecule has 0 heterocycles. The molecular formula is C28H45O3PS. The van der Waals surface area contributed by atoms with E-state index >= 15 is 0 Å². The highest BCUT2D eigenvalue weighted by Gasteiger charge is 2.15. The second kappa shape index (κ2) is 13.6. The van der Waals surface area contributed by atoms with Crippen LogP contribution in [0, 0.1) is 0 Å². The van der Waals surface area contributed by atoms with Gasteiger partial charge in [-0.25, -0.2) is 8.42 Å². The molecule has 3 nitrogen and oxygen atoms in total. The van der Waals surface area contributed by atoms with Crippen LogP contribution in [0.5, 0.6) is 0 Å². The molecule has 0 atom stereocenters. The van der Waals surface area contributed by atoms with Gasteiger partial charge in [-0.15, -0.1) is 0 Å². The molecule has 2 aromatic carbocycles. The lowest BCUT2D eigenvalue weighted by molar-refractivity contribution is 0.459. The van der Waals surface area contributed by atoms with Crippen LogP contribution in [0.3, 0.4) is 0 Å². The van der Waals surface area contributed by atoms with Crippen LogP contribution in [-0.4, -0.2) is 18.7 Å². The maximum Gasteiger partial charge on any atom is 0.0945 e. The van der Waals surface area contributed by atoms with Crippen LogP contribution in [0.2, 0.25) is 0 Å². The molecule has 0 aliphatic heterocycles. The summed E-state index contributed by atoms with van der Waals surface area (Å²) in [7, 11) is -3.78. The van der Waals surface area contributed by atoms with E-state index in [0.29, 0.717) is 6.42 Å². The minimum Gasteiger partial charge on any atom is -0.748 e. The van der Waals surface area contributed by atoms with E-state index in [0.717, 1.165) is 19.3 Å². The van der Waals surface area contributed by atoms with E-state index < -0.39 is 10.1 Å². The lowest BCUT2D eigenvalue weighted by atomic mass is 9.87. The Morgan fingerprint density at radius 3 is 1.36 bits per heavy atom. The van der Waals surface area contributed by atoms with E-state index in [1.807, 2.05) is 0 Å². The fourth-order valence-corrected chi connectivity index (χ4v) is 5.12. The molecule has 0 bridgehead atoms. The number of benzene rings is 2. The normalized spacial score (nSPS) is 12.2. The molecule has 0 aliphatic carbocycles. The summed E-state index contributed by atoms with van der Waals surface area (Å²) in [6.07, 6.45) is 5.96.